The first kappa shape index (κ1) is 13.2. The summed E-state index contributed by atoms with van der Waals surface area (Å²) in [5.74, 6) is -1.21. The van der Waals surface area contributed by atoms with Gasteiger partial charge in [0.1, 0.15) is 10.6 Å². The van der Waals surface area contributed by atoms with E-state index in [1.807, 2.05) is 0 Å². The lowest BCUT2D eigenvalue weighted by atomic mass is 10.4. The van der Waals surface area contributed by atoms with Crippen LogP contribution in [0.2, 0.25) is 0 Å². The van der Waals surface area contributed by atoms with E-state index in [4.69, 9.17) is 5.11 Å². The number of carbonyl (C=O) groups is 1. The molecule has 0 aliphatic heterocycles. The summed E-state index contributed by atoms with van der Waals surface area (Å²) in [6.07, 6.45) is 1.14. The molecule has 0 spiro atoms. The van der Waals surface area contributed by atoms with Crippen molar-refractivity contribution in [2.24, 2.45) is 0 Å². The van der Waals surface area contributed by atoms with Crippen LogP contribution in [0, 0.1) is 13.8 Å². The van der Waals surface area contributed by atoms with Crippen LogP contribution in [-0.4, -0.2) is 29.2 Å². The number of aromatic carboxylic acids is 1. The molecule has 8 heteroatoms. The predicted molar refractivity (Wildman–Crippen MR) is 68.2 cm³/mol. The van der Waals surface area contributed by atoms with Crippen LogP contribution >= 0.6 is 0 Å². The van der Waals surface area contributed by atoms with E-state index in [2.05, 4.69) is 9.82 Å². The van der Waals surface area contributed by atoms with Gasteiger partial charge >= 0.3 is 5.97 Å². The second-order valence-electron chi connectivity index (χ2n) is 4.10. The molecule has 2 aromatic rings. The number of nitrogens with one attached hydrogen (secondary N) is 2. The lowest BCUT2D eigenvalue weighted by Gasteiger charge is -2.11. The molecule has 0 aromatic carbocycles. The molecule has 0 saturated heterocycles. The van der Waals surface area contributed by atoms with Crippen LogP contribution in [-0.2, 0) is 10.0 Å². The highest BCUT2D eigenvalue weighted by molar-refractivity contribution is 7.92. The monoisotopic (exact) mass is 283 g/mol. The third-order valence-corrected chi connectivity index (χ3v) is 3.96. The van der Waals surface area contributed by atoms with E-state index in [0.29, 0.717) is 0 Å². The van der Waals surface area contributed by atoms with Crippen molar-refractivity contribution < 1.29 is 18.3 Å². The van der Waals surface area contributed by atoms with E-state index >= 15 is 0 Å². The number of H-pyrrole nitrogens is 1. The average molecular weight is 283 g/mol. The van der Waals surface area contributed by atoms with Gasteiger partial charge in [-0.2, -0.15) is 8.42 Å². The van der Waals surface area contributed by atoms with Gasteiger partial charge in [0, 0.05) is 17.6 Å². The van der Waals surface area contributed by atoms with Gasteiger partial charge in [0.25, 0.3) is 10.0 Å². The Bertz CT molecular complexity index is 707. The molecule has 0 bridgehead atoms. The van der Waals surface area contributed by atoms with Crippen molar-refractivity contribution in [2.45, 2.75) is 18.7 Å². The Morgan fingerprint density at radius 2 is 1.89 bits per heavy atom. The van der Waals surface area contributed by atoms with Gasteiger partial charge in [0.2, 0.25) is 0 Å². The van der Waals surface area contributed by atoms with Gasteiger partial charge in [-0.25, -0.2) is 9.63 Å². The molecule has 3 N–H and O–H groups in total. The SMILES string of the molecule is Cc1ccc(C)n1NS(=O)(=O)c1c[nH]c(C(=O)O)c1. The van der Waals surface area contributed by atoms with Gasteiger partial charge in [-0.3, -0.25) is 4.68 Å². The molecule has 2 aromatic heterocycles. The zero-order chi connectivity index (χ0) is 14.2. The summed E-state index contributed by atoms with van der Waals surface area (Å²) >= 11 is 0. The molecule has 0 fully saturated rings. The summed E-state index contributed by atoms with van der Waals surface area (Å²) in [4.78, 5) is 15.4. The molecular weight excluding hydrogens is 270 g/mol. The standard InChI is InChI=1S/C11H13N3O4S/c1-7-3-4-8(2)14(7)13-19(17,18)9-5-10(11(15)16)12-6-9/h3-6,12-13H,1-2H3,(H,15,16). The number of hydrogen-bond donors (Lipinski definition) is 3. The number of nitrogens with zero attached hydrogens (tertiary/aromatic N) is 1. The van der Waals surface area contributed by atoms with Crippen LogP contribution in [0.25, 0.3) is 0 Å². The van der Waals surface area contributed by atoms with Crippen molar-refractivity contribution in [1.82, 2.24) is 9.66 Å². The van der Waals surface area contributed by atoms with Crippen molar-refractivity contribution in [1.29, 1.82) is 0 Å². The molecule has 2 rings (SSSR count). The summed E-state index contributed by atoms with van der Waals surface area (Å²) in [5, 5.41) is 8.76. The number of hydrogen-bond acceptors (Lipinski definition) is 3. The Hall–Kier alpha value is -2.22. The highest BCUT2D eigenvalue weighted by Crippen LogP contribution is 2.13. The lowest BCUT2D eigenvalue weighted by Crippen LogP contribution is -2.24. The fourth-order valence-corrected chi connectivity index (χ4v) is 2.76. The Morgan fingerprint density at radius 3 is 2.37 bits per heavy atom. The smallest absolute Gasteiger partial charge is 0.352 e. The number of sulfonamides is 1. The van der Waals surface area contributed by atoms with Gasteiger partial charge in [-0.1, -0.05) is 0 Å². The molecule has 2 heterocycles. The number of aromatic amines is 1. The molecule has 0 radical (unpaired) electrons. The van der Waals surface area contributed by atoms with Crippen molar-refractivity contribution in [3.63, 3.8) is 0 Å². The molecule has 0 unspecified atom stereocenters. The van der Waals surface area contributed by atoms with Crippen LogP contribution in [0.15, 0.2) is 29.3 Å². The molecule has 7 nitrogen and oxygen atoms in total. The van der Waals surface area contributed by atoms with Crippen molar-refractivity contribution in [2.75, 3.05) is 4.83 Å². The first-order valence-corrected chi connectivity index (χ1v) is 6.89. The lowest BCUT2D eigenvalue weighted by molar-refractivity contribution is 0.0691. The van der Waals surface area contributed by atoms with Crippen molar-refractivity contribution >= 4 is 16.0 Å². The Labute approximate surface area is 109 Å². The van der Waals surface area contributed by atoms with Crippen LogP contribution < -0.4 is 4.83 Å². The Balaban J connectivity index is 2.35. The van der Waals surface area contributed by atoms with Gasteiger partial charge < -0.3 is 10.1 Å². The second-order valence-corrected chi connectivity index (χ2v) is 5.76. The molecule has 0 saturated carbocycles. The molecule has 0 amide bonds. The van der Waals surface area contributed by atoms with Gasteiger partial charge in [0.05, 0.1) is 0 Å². The van der Waals surface area contributed by atoms with E-state index in [1.54, 1.807) is 26.0 Å². The second kappa shape index (κ2) is 4.47. The maximum Gasteiger partial charge on any atom is 0.352 e. The third-order valence-electron chi connectivity index (χ3n) is 2.68. The summed E-state index contributed by atoms with van der Waals surface area (Å²) in [6, 6.07) is 4.62. The molecular formula is C11H13N3O4S. The first-order valence-electron chi connectivity index (χ1n) is 5.41. The maximum absolute atomic E-state index is 12.1. The maximum atomic E-state index is 12.1. The number of carboxylic acids is 1. The molecule has 0 aliphatic carbocycles. The first-order chi connectivity index (χ1) is 8.81. The topological polar surface area (TPSA) is 104 Å². The molecule has 102 valence electrons. The van der Waals surface area contributed by atoms with E-state index in [0.717, 1.165) is 23.7 Å². The largest absolute Gasteiger partial charge is 0.477 e. The average Bonchev–Trinajstić information content (AvgIpc) is 2.92. The minimum absolute atomic E-state index is 0.127. The highest BCUT2D eigenvalue weighted by atomic mass is 32.2. The highest BCUT2D eigenvalue weighted by Gasteiger charge is 2.19. The van der Waals surface area contributed by atoms with E-state index in [1.165, 1.54) is 4.68 Å². The minimum Gasteiger partial charge on any atom is -0.477 e. The summed E-state index contributed by atoms with van der Waals surface area (Å²) in [6.45, 7) is 3.52. The van der Waals surface area contributed by atoms with Crippen LogP contribution in [0.4, 0.5) is 0 Å². The molecule has 0 atom stereocenters. The fourth-order valence-electron chi connectivity index (χ4n) is 1.64. The van der Waals surface area contributed by atoms with Crippen LogP contribution in [0.3, 0.4) is 0 Å². The summed E-state index contributed by atoms with van der Waals surface area (Å²) < 4.78 is 25.6. The minimum atomic E-state index is -3.82. The Morgan fingerprint density at radius 1 is 1.32 bits per heavy atom. The predicted octanol–water partition coefficient (Wildman–Crippen LogP) is 1.06. The van der Waals surface area contributed by atoms with E-state index < -0.39 is 16.0 Å². The molecule has 19 heavy (non-hydrogen) atoms. The van der Waals surface area contributed by atoms with Gasteiger partial charge in [-0.15, -0.1) is 0 Å². The van der Waals surface area contributed by atoms with E-state index in [-0.39, 0.29) is 10.6 Å². The van der Waals surface area contributed by atoms with Crippen molar-refractivity contribution in [3.05, 3.63) is 41.5 Å². The summed E-state index contributed by atoms with van der Waals surface area (Å²) in [5.41, 5.74) is 1.28. The number of aryl methyl sites for hydroxylation is 2. The zero-order valence-electron chi connectivity index (χ0n) is 10.3. The zero-order valence-corrected chi connectivity index (χ0v) is 11.2. The van der Waals surface area contributed by atoms with Crippen LogP contribution in [0.5, 0.6) is 0 Å². The number of rotatable bonds is 4. The summed E-state index contributed by atoms with van der Waals surface area (Å²) in [7, 11) is -3.82. The van der Waals surface area contributed by atoms with Gasteiger partial charge in [-0.05, 0) is 32.0 Å². The van der Waals surface area contributed by atoms with Crippen LogP contribution in [0.1, 0.15) is 21.9 Å². The molecule has 0 aliphatic rings. The van der Waals surface area contributed by atoms with E-state index in [9.17, 15) is 13.2 Å². The Kier molecular flexibility index (Phi) is 3.11. The normalized spacial score (nSPS) is 11.5. The fraction of sp³-hybridized carbons (Fsp3) is 0.182. The quantitative estimate of drug-likeness (QED) is 0.780. The third kappa shape index (κ3) is 2.48. The number of carboxylic acid groups (broad SMARTS) is 1. The number of aromatic nitrogens is 2. The van der Waals surface area contributed by atoms with Crippen molar-refractivity contribution in [3.8, 4) is 0 Å². The van der Waals surface area contributed by atoms with Gasteiger partial charge in [0.15, 0.2) is 0 Å².